The first-order valence-electron chi connectivity index (χ1n) is 4.77. The minimum Gasteiger partial charge on any atom is -0.314 e. The second kappa shape index (κ2) is 4.89. The molecule has 1 heterocycles. The normalized spacial score (nSPS) is 21.7. The average Bonchev–Trinajstić information content (AvgIpc) is 2.26. The molecule has 5 heteroatoms. The van der Waals surface area contributed by atoms with Crippen molar-refractivity contribution >= 4 is 34.8 Å². The molecule has 0 saturated carbocycles. The highest BCUT2D eigenvalue weighted by molar-refractivity contribution is 6.44. The third-order valence-corrected chi connectivity index (χ3v) is 3.62. The fraction of sp³-hybridized carbons (Fsp3) is 0.400. The molecule has 0 radical (unpaired) electrons. The Kier molecular flexibility index (Phi) is 3.75. The third-order valence-electron chi connectivity index (χ3n) is 2.47. The van der Waals surface area contributed by atoms with Gasteiger partial charge in [-0.05, 0) is 12.1 Å². The molecule has 2 N–H and O–H groups in total. The van der Waals surface area contributed by atoms with Gasteiger partial charge in [0.1, 0.15) is 0 Å². The summed E-state index contributed by atoms with van der Waals surface area (Å²) in [4.78, 5) is 0. The molecule has 0 unspecified atom stereocenters. The summed E-state index contributed by atoms with van der Waals surface area (Å²) in [6.45, 7) is 2.69. The summed E-state index contributed by atoms with van der Waals surface area (Å²) in [5.74, 6) is 0. The van der Waals surface area contributed by atoms with Gasteiger partial charge in [-0.25, -0.2) is 0 Å². The molecule has 82 valence electrons. The van der Waals surface area contributed by atoms with E-state index in [0.717, 1.165) is 25.2 Å². The van der Waals surface area contributed by atoms with Crippen LogP contribution in [0.15, 0.2) is 12.1 Å². The van der Waals surface area contributed by atoms with Crippen LogP contribution < -0.4 is 10.6 Å². The summed E-state index contributed by atoms with van der Waals surface area (Å²) in [6, 6.07) is 3.63. The lowest BCUT2D eigenvalue weighted by Crippen LogP contribution is -2.42. The Morgan fingerprint density at radius 2 is 1.80 bits per heavy atom. The van der Waals surface area contributed by atoms with Crippen molar-refractivity contribution in [3.05, 3.63) is 32.8 Å². The topological polar surface area (TPSA) is 24.1 Å². The van der Waals surface area contributed by atoms with Crippen molar-refractivity contribution in [3.63, 3.8) is 0 Å². The molecule has 0 aromatic heterocycles. The van der Waals surface area contributed by atoms with Gasteiger partial charge in [0.15, 0.2) is 0 Å². The summed E-state index contributed by atoms with van der Waals surface area (Å²) in [5, 5.41) is 8.39. The third kappa shape index (κ3) is 2.40. The monoisotopic (exact) mass is 264 g/mol. The van der Waals surface area contributed by atoms with E-state index >= 15 is 0 Å². The minimum atomic E-state index is 0.137. The van der Waals surface area contributed by atoms with E-state index in [9.17, 15) is 0 Å². The van der Waals surface area contributed by atoms with E-state index in [-0.39, 0.29) is 6.04 Å². The molecular formula is C10H11Cl3N2. The Bertz CT molecular complexity index is 362. The van der Waals surface area contributed by atoms with Crippen LogP contribution in [0, 0.1) is 0 Å². The number of nitrogens with one attached hydrogen (secondary N) is 2. The van der Waals surface area contributed by atoms with Gasteiger partial charge < -0.3 is 10.6 Å². The maximum atomic E-state index is 6.15. The summed E-state index contributed by atoms with van der Waals surface area (Å²) in [5.41, 5.74) is 0.887. The maximum Gasteiger partial charge on any atom is 0.0655 e. The molecule has 15 heavy (non-hydrogen) atoms. The lowest BCUT2D eigenvalue weighted by molar-refractivity contribution is 0.430. The molecule has 1 saturated heterocycles. The second-order valence-electron chi connectivity index (χ2n) is 3.47. The molecule has 0 amide bonds. The molecule has 1 aromatic rings. The molecule has 0 spiro atoms. The van der Waals surface area contributed by atoms with Gasteiger partial charge in [-0.2, -0.15) is 0 Å². The van der Waals surface area contributed by atoms with Crippen molar-refractivity contribution in [1.29, 1.82) is 0 Å². The highest BCUT2D eigenvalue weighted by atomic mass is 35.5. The van der Waals surface area contributed by atoms with Crippen LogP contribution in [0.4, 0.5) is 0 Å². The summed E-state index contributed by atoms with van der Waals surface area (Å²) in [7, 11) is 0. The van der Waals surface area contributed by atoms with Crippen molar-refractivity contribution in [2.45, 2.75) is 6.04 Å². The quantitative estimate of drug-likeness (QED) is 0.763. The van der Waals surface area contributed by atoms with E-state index in [1.165, 1.54) is 0 Å². The van der Waals surface area contributed by atoms with Crippen LogP contribution in [-0.2, 0) is 0 Å². The molecule has 0 bridgehead atoms. The number of hydrogen-bond acceptors (Lipinski definition) is 2. The van der Waals surface area contributed by atoms with Crippen molar-refractivity contribution in [1.82, 2.24) is 10.6 Å². The average molecular weight is 266 g/mol. The first-order valence-corrected chi connectivity index (χ1v) is 5.91. The zero-order chi connectivity index (χ0) is 10.8. The SMILES string of the molecule is Clc1ccc(Cl)c([C@@H]2CNCCN2)c1Cl. The number of piperazine rings is 1. The van der Waals surface area contributed by atoms with Crippen LogP contribution in [0.5, 0.6) is 0 Å². The molecule has 1 aliphatic heterocycles. The Labute approximate surface area is 104 Å². The number of halogens is 3. The first kappa shape index (κ1) is 11.5. The minimum absolute atomic E-state index is 0.137. The smallest absolute Gasteiger partial charge is 0.0655 e. The second-order valence-corrected chi connectivity index (χ2v) is 4.66. The van der Waals surface area contributed by atoms with Gasteiger partial charge >= 0.3 is 0 Å². The molecule has 0 aliphatic carbocycles. The maximum absolute atomic E-state index is 6.15. The van der Waals surface area contributed by atoms with Gasteiger partial charge in [-0.1, -0.05) is 34.8 Å². The standard InChI is InChI=1S/C10H11Cl3N2/c11-6-1-2-7(12)10(13)9(6)8-5-14-3-4-15-8/h1-2,8,14-15H,3-5H2/t8-/m0/s1. The van der Waals surface area contributed by atoms with Gasteiger partial charge in [-0.15, -0.1) is 0 Å². The number of hydrogen-bond donors (Lipinski definition) is 2. The molecule has 1 aromatic carbocycles. The van der Waals surface area contributed by atoms with Gasteiger partial charge in [0.05, 0.1) is 10.0 Å². The fourth-order valence-corrected chi connectivity index (χ4v) is 2.52. The van der Waals surface area contributed by atoms with E-state index in [2.05, 4.69) is 10.6 Å². The molecular weight excluding hydrogens is 254 g/mol. The molecule has 1 aliphatic rings. The van der Waals surface area contributed by atoms with Crippen LogP contribution in [0.1, 0.15) is 11.6 Å². The number of benzene rings is 1. The Morgan fingerprint density at radius 3 is 2.47 bits per heavy atom. The van der Waals surface area contributed by atoms with E-state index in [1.807, 2.05) is 0 Å². The molecule has 1 atom stereocenters. The molecule has 2 rings (SSSR count). The van der Waals surface area contributed by atoms with Crippen LogP contribution in [0.2, 0.25) is 15.1 Å². The van der Waals surface area contributed by atoms with E-state index in [4.69, 9.17) is 34.8 Å². The highest BCUT2D eigenvalue weighted by Gasteiger charge is 2.21. The van der Waals surface area contributed by atoms with Crippen LogP contribution in [0.3, 0.4) is 0 Å². The lowest BCUT2D eigenvalue weighted by Gasteiger charge is -2.26. The van der Waals surface area contributed by atoms with Crippen molar-refractivity contribution in [2.24, 2.45) is 0 Å². The van der Waals surface area contributed by atoms with Gasteiger partial charge in [-0.3, -0.25) is 0 Å². The van der Waals surface area contributed by atoms with Crippen molar-refractivity contribution in [3.8, 4) is 0 Å². The van der Waals surface area contributed by atoms with Gasteiger partial charge in [0.2, 0.25) is 0 Å². The fourth-order valence-electron chi connectivity index (χ4n) is 1.72. The van der Waals surface area contributed by atoms with Gasteiger partial charge in [0, 0.05) is 36.3 Å². The Morgan fingerprint density at radius 1 is 1.07 bits per heavy atom. The van der Waals surface area contributed by atoms with Gasteiger partial charge in [0.25, 0.3) is 0 Å². The first-order chi connectivity index (χ1) is 7.20. The van der Waals surface area contributed by atoms with Crippen LogP contribution >= 0.6 is 34.8 Å². The lowest BCUT2D eigenvalue weighted by atomic mass is 10.1. The highest BCUT2D eigenvalue weighted by Crippen LogP contribution is 2.35. The predicted molar refractivity (Wildman–Crippen MR) is 65.1 cm³/mol. The van der Waals surface area contributed by atoms with Crippen LogP contribution in [-0.4, -0.2) is 19.6 Å². The largest absolute Gasteiger partial charge is 0.314 e. The summed E-state index contributed by atoms with van der Waals surface area (Å²) < 4.78 is 0. The number of rotatable bonds is 1. The van der Waals surface area contributed by atoms with Crippen molar-refractivity contribution in [2.75, 3.05) is 19.6 Å². The van der Waals surface area contributed by atoms with E-state index in [1.54, 1.807) is 12.1 Å². The Balaban J connectivity index is 2.36. The zero-order valence-corrected chi connectivity index (χ0v) is 10.3. The van der Waals surface area contributed by atoms with Crippen molar-refractivity contribution < 1.29 is 0 Å². The predicted octanol–water partition coefficient (Wildman–Crippen LogP) is 2.88. The summed E-state index contributed by atoms with van der Waals surface area (Å²) in [6.07, 6.45) is 0. The summed E-state index contributed by atoms with van der Waals surface area (Å²) >= 11 is 18.2. The van der Waals surface area contributed by atoms with E-state index < -0.39 is 0 Å². The van der Waals surface area contributed by atoms with Crippen LogP contribution in [0.25, 0.3) is 0 Å². The van der Waals surface area contributed by atoms with E-state index in [0.29, 0.717) is 15.1 Å². The zero-order valence-electron chi connectivity index (χ0n) is 7.99. The Hall–Kier alpha value is 0.01000. The molecule has 1 fully saturated rings. The molecule has 2 nitrogen and oxygen atoms in total.